The normalized spacial score (nSPS) is 12.7. The zero-order valence-electron chi connectivity index (χ0n) is 12.4. The third-order valence-corrected chi connectivity index (χ3v) is 3.20. The summed E-state index contributed by atoms with van der Waals surface area (Å²) in [7, 11) is 2.06. The second-order valence-corrected chi connectivity index (χ2v) is 4.99. The first kappa shape index (κ1) is 16.0. The summed E-state index contributed by atoms with van der Waals surface area (Å²) in [6.45, 7) is 6.56. The van der Waals surface area contributed by atoms with Crippen LogP contribution in [-0.4, -0.2) is 36.8 Å². The smallest absolute Gasteiger partial charge is 0.119 e. The van der Waals surface area contributed by atoms with Gasteiger partial charge in [0.25, 0.3) is 0 Å². The largest absolute Gasteiger partial charge is 0.494 e. The summed E-state index contributed by atoms with van der Waals surface area (Å²) in [4.78, 5) is 2.19. The van der Waals surface area contributed by atoms with Crippen molar-refractivity contribution in [1.29, 1.82) is 0 Å². The van der Waals surface area contributed by atoms with Crippen molar-refractivity contribution in [2.45, 2.75) is 39.2 Å². The highest BCUT2D eigenvalue weighted by Crippen LogP contribution is 2.18. The highest BCUT2D eigenvalue weighted by Gasteiger charge is 2.10. The molecule has 0 saturated heterocycles. The maximum atomic E-state index is 10.2. The Morgan fingerprint density at radius 1 is 1.16 bits per heavy atom. The maximum absolute atomic E-state index is 10.2. The Morgan fingerprint density at radius 2 is 1.84 bits per heavy atom. The molecule has 1 N–H and O–H groups in total. The number of unbranched alkanes of at least 4 members (excludes halogenated alkanes) is 2. The Morgan fingerprint density at radius 3 is 2.42 bits per heavy atom. The Kier molecular flexibility index (Phi) is 7.53. The van der Waals surface area contributed by atoms with Gasteiger partial charge in [-0.15, -0.1) is 0 Å². The quantitative estimate of drug-likeness (QED) is 0.696. The van der Waals surface area contributed by atoms with Crippen molar-refractivity contribution in [1.82, 2.24) is 4.90 Å². The van der Waals surface area contributed by atoms with E-state index < -0.39 is 6.10 Å². The van der Waals surface area contributed by atoms with E-state index in [0.29, 0.717) is 13.2 Å². The van der Waals surface area contributed by atoms with Crippen LogP contribution >= 0.6 is 0 Å². The van der Waals surface area contributed by atoms with Gasteiger partial charge in [-0.2, -0.15) is 0 Å². The van der Waals surface area contributed by atoms with E-state index in [1.165, 1.54) is 19.3 Å². The van der Waals surface area contributed by atoms with Gasteiger partial charge in [0, 0.05) is 6.54 Å². The molecular weight excluding hydrogens is 238 g/mol. The van der Waals surface area contributed by atoms with Gasteiger partial charge < -0.3 is 14.7 Å². The van der Waals surface area contributed by atoms with Crippen molar-refractivity contribution in [2.75, 3.05) is 26.7 Å². The third-order valence-electron chi connectivity index (χ3n) is 3.20. The molecule has 0 aromatic heterocycles. The van der Waals surface area contributed by atoms with Gasteiger partial charge in [0.2, 0.25) is 0 Å². The van der Waals surface area contributed by atoms with Crippen molar-refractivity contribution < 1.29 is 9.84 Å². The van der Waals surface area contributed by atoms with Crippen LogP contribution in [0.15, 0.2) is 24.3 Å². The van der Waals surface area contributed by atoms with E-state index in [9.17, 15) is 5.11 Å². The molecule has 0 saturated carbocycles. The molecule has 108 valence electrons. The molecule has 0 heterocycles. The summed E-state index contributed by atoms with van der Waals surface area (Å²) in [5, 5.41) is 10.2. The van der Waals surface area contributed by atoms with Gasteiger partial charge in [-0.05, 0) is 44.6 Å². The maximum Gasteiger partial charge on any atom is 0.119 e. The van der Waals surface area contributed by atoms with Gasteiger partial charge in [0.15, 0.2) is 0 Å². The minimum absolute atomic E-state index is 0.428. The van der Waals surface area contributed by atoms with Crippen molar-refractivity contribution in [3.8, 4) is 5.75 Å². The van der Waals surface area contributed by atoms with Gasteiger partial charge in [-0.1, -0.05) is 31.9 Å². The molecule has 0 fully saturated rings. The van der Waals surface area contributed by atoms with Crippen LogP contribution in [0.1, 0.15) is 44.8 Å². The monoisotopic (exact) mass is 265 g/mol. The van der Waals surface area contributed by atoms with Crippen LogP contribution in [0.4, 0.5) is 0 Å². The number of rotatable bonds is 9. The van der Waals surface area contributed by atoms with E-state index in [4.69, 9.17) is 4.74 Å². The first-order valence-corrected chi connectivity index (χ1v) is 7.26. The van der Waals surface area contributed by atoms with Gasteiger partial charge in [0.1, 0.15) is 5.75 Å². The summed E-state index contributed by atoms with van der Waals surface area (Å²) < 4.78 is 5.40. The molecule has 19 heavy (non-hydrogen) atoms. The summed E-state index contributed by atoms with van der Waals surface area (Å²) in [6.07, 6.45) is 3.25. The van der Waals surface area contributed by atoms with Crippen LogP contribution in [0.5, 0.6) is 5.75 Å². The molecule has 1 rings (SSSR count). The van der Waals surface area contributed by atoms with E-state index >= 15 is 0 Å². The molecule has 0 bridgehead atoms. The minimum atomic E-state index is -0.428. The average Bonchev–Trinajstić information content (AvgIpc) is 2.40. The fourth-order valence-corrected chi connectivity index (χ4v) is 2.08. The standard InChI is InChI=1S/C16H27NO2/c1-4-6-7-12-17(3)13-16(18)14-8-10-15(11-9-14)19-5-2/h8-11,16,18H,4-7,12-13H2,1-3H3. The molecule has 0 aliphatic carbocycles. The molecular formula is C16H27NO2. The number of aliphatic hydroxyl groups is 1. The summed E-state index contributed by atoms with van der Waals surface area (Å²) in [6, 6.07) is 7.71. The SMILES string of the molecule is CCCCCN(C)CC(O)c1ccc(OCC)cc1. The van der Waals surface area contributed by atoms with Crippen LogP contribution < -0.4 is 4.74 Å². The number of ether oxygens (including phenoxy) is 1. The lowest BCUT2D eigenvalue weighted by atomic mass is 10.1. The lowest BCUT2D eigenvalue weighted by Gasteiger charge is -2.20. The topological polar surface area (TPSA) is 32.7 Å². The van der Waals surface area contributed by atoms with Gasteiger partial charge in [0.05, 0.1) is 12.7 Å². The number of aliphatic hydroxyl groups excluding tert-OH is 1. The number of hydrogen-bond donors (Lipinski definition) is 1. The predicted octanol–water partition coefficient (Wildman–Crippen LogP) is 3.24. The highest BCUT2D eigenvalue weighted by molar-refractivity contribution is 5.28. The fourth-order valence-electron chi connectivity index (χ4n) is 2.08. The van der Waals surface area contributed by atoms with Gasteiger partial charge >= 0.3 is 0 Å². The molecule has 3 heteroatoms. The lowest BCUT2D eigenvalue weighted by Crippen LogP contribution is -2.25. The number of hydrogen-bond acceptors (Lipinski definition) is 3. The van der Waals surface area contributed by atoms with E-state index in [0.717, 1.165) is 17.9 Å². The van der Waals surface area contributed by atoms with Gasteiger partial charge in [-0.25, -0.2) is 0 Å². The molecule has 0 aliphatic rings. The minimum Gasteiger partial charge on any atom is -0.494 e. The second-order valence-electron chi connectivity index (χ2n) is 4.99. The number of likely N-dealkylation sites (N-methyl/N-ethyl adjacent to an activating group) is 1. The molecule has 3 nitrogen and oxygen atoms in total. The zero-order chi connectivity index (χ0) is 14.1. The van der Waals surface area contributed by atoms with Crippen LogP contribution in [0, 0.1) is 0 Å². The Bertz CT molecular complexity index is 337. The zero-order valence-corrected chi connectivity index (χ0v) is 12.4. The van der Waals surface area contributed by atoms with E-state index in [1.807, 2.05) is 31.2 Å². The molecule has 1 atom stereocenters. The molecule has 1 aromatic carbocycles. The van der Waals surface area contributed by atoms with Crippen LogP contribution in [-0.2, 0) is 0 Å². The number of nitrogens with zero attached hydrogens (tertiary/aromatic N) is 1. The molecule has 0 aliphatic heterocycles. The second kappa shape index (κ2) is 8.94. The Labute approximate surface area is 117 Å². The van der Waals surface area contributed by atoms with Crippen molar-refractivity contribution in [3.63, 3.8) is 0 Å². The molecule has 0 spiro atoms. The fraction of sp³-hybridized carbons (Fsp3) is 0.625. The average molecular weight is 265 g/mol. The van der Waals surface area contributed by atoms with E-state index in [2.05, 4.69) is 18.9 Å². The van der Waals surface area contributed by atoms with Crippen molar-refractivity contribution in [3.05, 3.63) is 29.8 Å². The predicted molar refractivity (Wildman–Crippen MR) is 79.6 cm³/mol. The van der Waals surface area contributed by atoms with Crippen molar-refractivity contribution >= 4 is 0 Å². The van der Waals surface area contributed by atoms with E-state index in [-0.39, 0.29) is 0 Å². The lowest BCUT2D eigenvalue weighted by molar-refractivity contribution is 0.126. The summed E-state index contributed by atoms with van der Waals surface area (Å²) >= 11 is 0. The molecule has 0 amide bonds. The molecule has 0 radical (unpaired) electrons. The molecule has 1 aromatic rings. The Balaban J connectivity index is 2.41. The van der Waals surface area contributed by atoms with Crippen LogP contribution in [0.25, 0.3) is 0 Å². The molecule has 1 unspecified atom stereocenters. The first-order valence-electron chi connectivity index (χ1n) is 7.26. The number of benzene rings is 1. The third kappa shape index (κ3) is 6.08. The van der Waals surface area contributed by atoms with E-state index in [1.54, 1.807) is 0 Å². The van der Waals surface area contributed by atoms with Gasteiger partial charge in [-0.3, -0.25) is 0 Å². The highest BCUT2D eigenvalue weighted by atomic mass is 16.5. The Hall–Kier alpha value is -1.06. The van der Waals surface area contributed by atoms with Crippen molar-refractivity contribution in [2.24, 2.45) is 0 Å². The first-order chi connectivity index (χ1) is 9.17. The van der Waals surface area contributed by atoms with Crippen LogP contribution in [0.2, 0.25) is 0 Å². The summed E-state index contributed by atoms with van der Waals surface area (Å²) in [5.74, 6) is 0.856. The summed E-state index contributed by atoms with van der Waals surface area (Å²) in [5.41, 5.74) is 0.950. The van der Waals surface area contributed by atoms with Crippen LogP contribution in [0.3, 0.4) is 0 Å².